The van der Waals surface area contributed by atoms with Gasteiger partial charge in [0.05, 0.1) is 0 Å². The Kier molecular flexibility index (Phi) is 4.44. The van der Waals surface area contributed by atoms with E-state index in [1.54, 1.807) is 6.07 Å². The van der Waals surface area contributed by atoms with Crippen molar-refractivity contribution in [3.63, 3.8) is 0 Å². The van der Waals surface area contributed by atoms with Crippen LogP contribution in [0.2, 0.25) is 0 Å². The number of fused-ring (bicyclic) bond motifs is 1. The van der Waals surface area contributed by atoms with Crippen LogP contribution in [0.25, 0.3) is 11.0 Å². The van der Waals surface area contributed by atoms with E-state index in [-0.39, 0.29) is 11.7 Å². The van der Waals surface area contributed by atoms with Gasteiger partial charge in [-0.25, -0.2) is 4.39 Å². The number of hydrogen-bond acceptors (Lipinski definition) is 2. The summed E-state index contributed by atoms with van der Waals surface area (Å²) >= 11 is 0. The van der Waals surface area contributed by atoms with E-state index in [1.807, 2.05) is 27.7 Å². The fourth-order valence-electron chi connectivity index (χ4n) is 1.32. The molecule has 3 heteroatoms. The van der Waals surface area contributed by atoms with Gasteiger partial charge in [-0.1, -0.05) is 13.8 Å². The molecule has 1 aromatic heterocycles. The number of aryl methyl sites for hydroxylation is 2. The van der Waals surface area contributed by atoms with Crippen LogP contribution in [0.3, 0.4) is 0 Å². The molecule has 2 nitrogen and oxygen atoms in total. The standard InChI is InChI=1S/C10H9FO.C4H8O/c1-6-7(2)12-10-4-3-8(11)5-9(6)10;1-4(2)3-5/h3-5H,1-2H3;3-4H,1-2H3. The first-order chi connectivity index (χ1) is 7.95. The number of aldehydes is 1. The van der Waals surface area contributed by atoms with Crippen LogP contribution in [0.4, 0.5) is 4.39 Å². The van der Waals surface area contributed by atoms with Gasteiger partial charge in [0.25, 0.3) is 0 Å². The van der Waals surface area contributed by atoms with Crippen LogP contribution in [-0.4, -0.2) is 6.29 Å². The minimum Gasteiger partial charge on any atom is -0.461 e. The van der Waals surface area contributed by atoms with Gasteiger partial charge < -0.3 is 9.21 Å². The number of carbonyl (C=O) groups excluding carboxylic acids is 1. The number of furan rings is 1. The summed E-state index contributed by atoms with van der Waals surface area (Å²) in [6.07, 6.45) is 0.917. The van der Waals surface area contributed by atoms with Gasteiger partial charge >= 0.3 is 0 Å². The molecule has 0 unspecified atom stereocenters. The van der Waals surface area contributed by atoms with Crippen molar-refractivity contribution in [2.45, 2.75) is 27.7 Å². The predicted octanol–water partition coefficient (Wildman–Crippen LogP) is 4.03. The maximum absolute atomic E-state index is 12.8. The molecular formula is C14H17FO2. The van der Waals surface area contributed by atoms with E-state index in [0.717, 1.165) is 28.6 Å². The number of carbonyl (C=O) groups is 1. The molecule has 0 bridgehead atoms. The van der Waals surface area contributed by atoms with Gasteiger partial charge in [-0.15, -0.1) is 0 Å². The molecule has 0 spiro atoms. The summed E-state index contributed by atoms with van der Waals surface area (Å²) in [6.45, 7) is 7.52. The second kappa shape index (κ2) is 5.62. The molecule has 0 saturated heterocycles. The molecule has 0 amide bonds. The first-order valence-electron chi connectivity index (χ1n) is 5.56. The minimum atomic E-state index is -0.216. The van der Waals surface area contributed by atoms with Crippen LogP contribution in [0.1, 0.15) is 25.2 Å². The third-order valence-electron chi connectivity index (χ3n) is 2.41. The SMILES string of the molecule is CC(C)C=O.Cc1oc2ccc(F)cc2c1C. The van der Waals surface area contributed by atoms with E-state index < -0.39 is 0 Å². The van der Waals surface area contributed by atoms with Crippen molar-refractivity contribution in [3.05, 3.63) is 35.3 Å². The molecule has 92 valence electrons. The molecule has 0 aliphatic heterocycles. The normalized spacial score (nSPS) is 10.2. The third kappa shape index (κ3) is 3.41. The van der Waals surface area contributed by atoms with E-state index in [9.17, 15) is 9.18 Å². The summed E-state index contributed by atoms with van der Waals surface area (Å²) in [5.74, 6) is 0.844. The monoisotopic (exact) mass is 236 g/mol. The predicted molar refractivity (Wildman–Crippen MR) is 66.5 cm³/mol. The molecule has 17 heavy (non-hydrogen) atoms. The highest BCUT2D eigenvalue weighted by Gasteiger charge is 2.06. The molecule has 0 radical (unpaired) electrons. The summed E-state index contributed by atoms with van der Waals surface area (Å²) in [5, 5.41) is 0.868. The molecule has 0 N–H and O–H groups in total. The van der Waals surface area contributed by atoms with Crippen molar-refractivity contribution in [1.29, 1.82) is 0 Å². The molecule has 0 saturated carbocycles. The summed E-state index contributed by atoms with van der Waals surface area (Å²) in [6, 6.07) is 4.57. The highest BCUT2D eigenvalue weighted by atomic mass is 19.1. The van der Waals surface area contributed by atoms with E-state index in [1.165, 1.54) is 12.1 Å². The van der Waals surface area contributed by atoms with Crippen molar-refractivity contribution in [3.8, 4) is 0 Å². The maximum atomic E-state index is 12.8. The lowest BCUT2D eigenvalue weighted by molar-refractivity contribution is -0.110. The van der Waals surface area contributed by atoms with Gasteiger partial charge in [0.1, 0.15) is 23.4 Å². The van der Waals surface area contributed by atoms with Gasteiger partial charge in [-0.05, 0) is 37.6 Å². The van der Waals surface area contributed by atoms with Crippen LogP contribution < -0.4 is 0 Å². The van der Waals surface area contributed by atoms with Crippen LogP contribution in [-0.2, 0) is 4.79 Å². The van der Waals surface area contributed by atoms with Crippen molar-refractivity contribution in [2.24, 2.45) is 5.92 Å². The fourth-order valence-corrected chi connectivity index (χ4v) is 1.32. The lowest BCUT2D eigenvalue weighted by Crippen LogP contribution is -1.82. The first kappa shape index (κ1) is 13.4. The van der Waals surface area contributed by atoms with Crippen molar-refractivity contribution >= 4 is 17.3 Å². The van der Waals surface area contributed by atoms with E-state index >= 15 is 0 Å². The van der Waals surface area contributed by atoms with Gasteiger partial charge in [-0.2, -0.15) is 0 Å². The third-order valence-corrected chi connectivity index (χ3v) is 2.41. The summed E-state index contributed by atoms with van der Waals surface area (Å²) in [5.41, 5.74) is 1.77. The van der Waals surface area contributed by atoms with E-state index in [2.05, 4.69) is 0 Å². The lowest BCUT2D eigenvalue weighted by atomic mass is 10.1. The second-order valence-corrected chi connectivity index (χ2v) is 4.30. The lowest BCUT2D eigenvalue weighted by Gasteiger charge is -1.88. The van der Waals surface area contributed by atoms with Gasteiger partial charge in [-0.3, -0.25) is 0 Å². The largest absolute Gasteiger partial charge is 0.461 e. The zero-order chi connectivity index (χ0) is 13.0. The Hall–Kier alpha value is -1.64. The molecule has 0 atom stereocenters. The van der Waals surface area contributed by atoms with Crippen LogP contribution in [0, 0.1) is 25.6 Å². The van der Waals surface area contributed by atoms with Crippen LogP contribution in [0.15, 0.2) is 22.6 Å². The smallest absolute Gasteiger partial charge is 0.134 e. The molecule has 0 aliphatic rings. The second-order valence-electron chi connectivity index (χ2n) is 4.30. The number of rotatable bonds is 1. The van der Waals surface area contributed by atoms with Crippen molar-refractivity contribution in [1.82, 2.24) is 0 Å². The van der Waals surface area contributed by atoms with Crippen LogP contribution in [0.5, 0.6) is 0 Å². The molecular weight excluding hydrogens is 219 g/mol. The Morgan fingerprint density at radius 1 is 1.29 bits per heavy atom. The zero-order valence-electron chi connectivity index (χ0n) is 10.6. The highest BCUT2D eigenvalue weighted by Crippen LogP contribution is 2.24. The molecule has 0 aliphatic carbocycles. The van der Waals surface area contributed by atoms with Crippen molar-refractivity contribution < 1.29 is 13.6 Å². The Labute approximate surface area is 100 Å². The fraction of sp³-hybridized carbons (Fsp3) is 0.357. The van der Waals surface area contributed by atoms with E-state index in [0.29, 0.717) is 0 Å². The Bertz CT molecular complexity index is 512. The summed E-state index contributed by atoms with van der Waals surface area (Å²) in [4.78, 5) is 9.50. The average Bonchev–Trinajstić information content (AvgIpc) is 2.56. The molecule has 2 aromatic rings. The maximum Gasteiger partial charge on any atom is 0.134 e. The highest BCUT2D eigenvalue weighted by molar-refractivity contribution is 5.81. The number of benzene rings is 1. The van der Waals surface area contributed by atoms with Crippen molar-refractivity contribution in [2.75, 3.05) is 0 Å². The summed E-state index contributed by atoms with van der Waals surface area (Å²) in [7, 11) is 0. The first-order valence-corrected chi connectivity index (χ1v) is 5.56. The number of halogens is 1. The van der Waals surface area contributed by atoms with E-state index in [4.69, 9.17) is 4.42 Å². The molecule has 1 aromatic carbocycles. The van der Waals surface area contributed by atoms with Gasteiger partial charge in [0, 0.05) is 11.3 Å². The van der Waals surface area contributed by atoms with Crippen LogP contribution >= 0.6 is 0 Å². The Morgan fingerprint density at radius 3 is 2.41 bits per heavy atom. The topological polar surface area (TPSA) is 30.2 Å². The number of hydrogen-bond donors (Lipinski definition) is 0. The molecule has 0 fully saturated rings. The Balaban J connectivity index is 0.000000249. The molecule has 2 rings (SSSR count). The quantitative estimate of drug-likeness (QED) is 0.700. The van der Waals surface area contributed by atoms with Gasteiger partial charge in [0.15, 0.2) is 0 Å². The Morgan fingerprint density at radius 2 is 1.88 bits per heavy atom. The molecule has 1 heterocycles. The average molecular weight is 236 g/mol. The zero-order valence-corrected chi connectivity index (χ0v) is 10.6. The van der Waals surface area contributed by atoms with Gasteiger partial charge in [0.2, 0.25) is 0 Å². The summed E-state index contributed by atoms with van der Waals surface area (Å²) < 4.78 is 18.2. The minimum absolute atomic E-state index is 0.204.